The molecule has 0 saturated carbocycles. The van der Waals surface area contributed by atoms with Gasteiger partial charge < -0.3 is 16.0 Å². The molecule has 1 aliphatic rings. The second-order valence-electron chi connectivity index (χ2n) is 7.97. The summed E-state index contributed by atoms with van der Waals surface area (Å²) >= 11 is 0. The molecule has 6 nitrogen and oxygen atoms in total. The molecule has 0 spiro atoms. The molecule has 1 saturated heterocycles. The van der Waals surface area contributed by atoms with E-state index in [0.29, 0.717) is 12.1 Å². The molecule has 3 rings (SSSR count). The molecule has 2 atom stereocenters. The lowest BCUT2D eigenvalue weighted by Crippen LogP contribution is -2.45. The molecule has 0 aliphatic carbocycles. The van der Waals surface area contributed by atoms with Gasteiger partial charge in [0.2, 0.25) is 5.91 Å². The summed E-state index contributed by atoms with van der Waals surface area (Å²) in [5.74, 6) is 0.798. The van der Waals surface area contributed by atoms with E-state index < -0.39 is 0 Å². The molecular weight excluding hydrogens is 374 g/mol. The van der Waals surface area contributed by atoms with Crippen LogP contribution in [0.15, 0.2) is 59.6 Å². The van der Waals surface area contributed by atoms with Crippen LogP contribution in [-0.4, -0.2) is 49.0 Å². The van der Waals surface area contributed by atoms with Gasteiger partial charge in [-0.25, -0.2) is 0 Å². The third-order valence-corrected chi connectivity index (χ3v) is 5.48. The van der Waals surface area contributed by atoms with Crippen molar-refractivity contribution < 1.29 is 4.79 Å². The van der Waals surface area contributed by atoms with Crippen LogP contribution in [0.4, 0.5) is 5.69 Å². The summed E-state index contributed by atoms with van der Waals surface area (Å²) in [7, 11) is 1.82. The number of likely N-dealkylation sites (tertiary alicyclic amines) is 1. The van der Waals surface area contributed by atoms with E-state index in [1.54, 1.807) is 0 Å². The van der Waals surface area contributed by atoms with Crippen LogP contribution in [0.5, 0.6) is 0 Å². The Morgan fingerprint density at radius 3 is 2.50 bits per heavy atom. The van der Waals surface area contributed by atoms with Crippen LogP contribution in [0.1, 0.15) is 31.4 Å². The molecule has 0 radical (unpaired) electrons. The quantitative estimate of drug-likeness (QED) is 0.488. The highest BCUT2D eigenvalue weighted by Crippen LogP contribution is 2.20. The van der Waals surface area contributed by atoms with Crippen LogP contribution in [0.2, 0.25) is 0 Å². The van der Waals surface area contributed by atoms with E-state index >= 15 is 0 Å². The lowest BCUT2D eigenvalue weighted by atomic mass is 10.1. The predicted molar refractivity (Wildman–Crippen MR) is 124 cm³/mol. The topological polar surface area (TPSA) is 68.8 Å². The van der Waals surface area contributed by atoms with Gasteiger partial charge in [-0.15, -0.1) is 0 Å². The van der Waals surface area contributed by atoms with E-state index in [0.717, 1.165) is 44.1 Å². The van der Waals surface area contributed by atoms with Gasteiger partial charge in [0.05, 0.1) is 0 Å². The van der Waals surface area contributed by atoms with Crippen LogP contribution in [0, 0.1) is 0 Å². The van der Waals surface area contributed by atoms with Crippen LogP contribution in [0.3, 0.4) is 0 Å². The molecule has 30 heavy (non-hydrogen) atoms. The average molecular weight is 408 g/mol. The first kappa shape index (κ1) is 21.8. The van der Waals surface area contributed by atoms with Crippen LogP contribution >= 0.6 is 0 Å². The monoisotopic (exact) mass is 407 g/mol. The molecule has 1 fully saturated rings. The third kappa shape index (κ3) is 6.59. The van der Waals surface area contributed by atoms with Crippen molar-refractivity contribution in [2.45, 2.75) is 45.3 Å². The second kappa shape index (κ2) is 10.8. The predicted octanol–water partition coefficient (Wildman–Crippen LogP) is 3.02. The Morgan fingerprint density at radius 2 is 1.83 bits per heavy atom. The first-order valence-electron chi connectivity index (χ1n) is 10.6. The maximum atomic E-state index is 11.1. The second-order valence-corrected chi connectivity index (χ2v) is 7.97. The highest BCUT2D eigenvalue weighted by Gasteiger charge is 2.29. The van der Waals surface area contributed by atoms with Gasteiger partial charge in [0.25, 0.3) is 0 Å². The zero-order valence-electron chi connectivity index (χ0n) is 18.2. The molecule has 0 bridgehead atoms. The number of guanidine groups is 1. The minimum atomic E-state index is -0.0529. The van der Waals surface area contributed by atoms with Crippen molar-refractivity contribution in [1.29, 1.82) is 0 Å². The van der Waals surface area contributed by atoms with Crippen molar-refractivity contribution in [3.63, 3.8) is 0 Å². The summed E-state index contributed by atoms with van der Waals surface area (Å²) in [5.41, 5.74) is 3.40. The first-order chi connectivity index (χ1) is 14.5. The standard InChI is InChI=1S/C24H33N5O/c1-18-15-23(17-29(18)16-21-7-5-4-6-8-21)28-24(25-3)26-14-13-20-9-11-22(12-10-20)27-19(2)30/h4-12,18,23H,13-17H2,1-3H3,(H,27,30)(H2,25,26,28). The summed E-state index contributed by atoms with van der Waals surface area (Å²) in [4.78, 5) is 18.0. The summed E-state index contributed by atoms with van der Waals surface area (Å²) in [5, 5.41) is 9.79. The fourth-order valence-corrected chi connectivity index (χ4v) is 3.91. The van der Waals surface area contributed by atoms with Crippen molar-refractivity contribution in [1.82, 2.24) is 15.5 Å². The zero-order chi connectivity index (χ0) is 21.3. The maximum absolute atomic E-state index is 11.1. The van der Waals surface area contributed by atoms with Crippen LogP contribution in [0.25, 0.3) is 0 Å². The fourth-order valence-electron chi connectivity index (χ4n) is 3.91. The Labute approximate surface area is 179 Å². The number of carbonyl (C=O) groups excluding carboxylic acids is 1. The fraction of sp³-hybridized carbons (Fsp3) is 0.417. The number of nitrogens with one attached hydrogen (secondary N) is 3. The molecule has 160 valence electrons. The van der Waals surface area contributed by atoms with E-state index in [2.05, 4.69) is 63.1 Å². The Balaban J connectivity index is 1.43. The smallest absolute Gasteiger partial charge is 0.221 e. The van der Waals surface area contributed by atoms with E-state index in [9.17, 15) is 4.79 Å². The van der Waals surface area contributed by atoms with Gasteiger partial charge in [0.15, 0.2) is 5.96 Å². The Bertz CT molecular complexity index is 834. The number of hydrogen-bond donors (Lipinski definition) is 3. The number of hydrogen-bond acceptors (Lipinski definition) is 3. The summed E-state index contributed by atoms with van der Waals surface area (Å²) in [6, 6.07) is 19.6. The maximum Gasteiger partial charge on any atom is 0.221 e. The van der Waals surface area contributed by atoms with Crippen molar-refractivity contribution in [3.8, 4) is 0 Å². The van der Waals surface area contributed by atoms with Crippen molar-refractivity contribution >= 4 is 17.6 Å². The first-order valence-corrected chi connectivity index (χ1v) is 10.6. The summed E-state index contributed by atoms with van der Waals surface area (Å²) in [6.07, 6.45) is 2.00. The van der Waals surface area contributed by atoms with Gasteiger partial charge in [-0.1, -0.05) is 42.5 Å². The van der Waals surface area contributed by atoms with Crippen molar-refractivity contribution in [3.05, 3.63) is 65.7 Å². The number of carbonyl (C=O) groups is 1. The molecular formula is C24H33N5O. The number of aliphatic imine (C=N–C) groups is 1. The molecule has 1 amide bonds. The van der Waals surface area contributed by atoms with Crippen molar-refractivity contribution in [2.75, 3.05) is 25.5 Å². The van der Waals surface area contributed by atoms with Gasteiger partial charge in [-0.05, 0) is 43.0 Å². The molecule has 3 N–H and O–H groups in total. The van der Waals surface area contributed by atoms with E-state index in [4.69, 9.17) is 0 Å². The summed E-state index contributed by atoms with van der Waals surface area (Å²) < 4.78 is 0. The molecule has 1 heterocycles. The molecule has 0 aromatic heterocycles. The highest BCUT2D eigenvalue weighted by molar-refractivity contribution is 5.88. The number of nitrogens with zero attached hydrogens (tertiary/aromatic N) is 2. The molecule has 1 aliphatic heterocycles. The normalized spacial score (nSPS) is 19.5. The SMILES string of the molecule is CN=C(NCCc1ccc(NC(C)=O)cc1)NC1CC(C)N(Cc2ccccc2)C1. The zero-order valence-corrected chi connectivity index (χ0v) is 18.2. The number of anilines is 1. The van der Waals surface area contributed by atoms with Gasteiger partial charge in [-0.2, -0.15) is 0 Å². The Kier molecular flexibility index (Phi) is 7.85. The summed E-state index contributed by atoms with van der Waals surface area (Å²) in [6.45, 7) is 6.62. The van der Waals surface area contributed by atoms with Crippen LogP contribution < -0.4 is 16.0 Å². The number of benzene rings is 2. The molecule has 2 aromatic carbocycles. The lowest BCUT2D eigenvalue weighted by molar-refractivity contribution is -0.114. The van der Waals surface area contributed by atoms with Crippen molar-refractivity contribution in [2.24, 2.45) is 4.99 Å². The van der Waals surface area contributed by atoms with Crippen LogP contribution in [-0.2, 0) is 17.8 Å². The minimum Gasteiger partial charge on any atom is -0.356 e. The average Bonchev–Trinajstić information content (AvgIpc) is 3.07. The lowest BCUT2D eigenvalue weighted by Gasteiger charge is -2.21. The van der Waals surface area contributed by atoms with E-state index in [-0.39, 0.29) is 5.91 Å². The Morgan fingerprint density at radius 1 is 1.10 bits per heavy atom. The number of amides is 1. The van der Waals surface area contributed by atoms with E-state index in [1.807, 2.05) is 31.3 Å². The highest BCUT2D eigenvalue weighted by atomic mass is 16.1. The molecule has 2 aromatic rings. The largest absolute Gasteiger partial charge is 0.356 e. The Hall–Kier alpha value is -2.86. The third-order valence-electron chi connectivity index (χ3n) is 5.48. The van der Waals surface area contributed by atoms with Gasteiger partial charge >= 0.3 is 0 Å². The molecule has 6 heteroatoms. The van der Waals surface area contributed by atoms with E-state index in [1.165, 1.54) is 18.1 Å². The van der Waals surface area contributed by atoms with Gasteiger partial charge in [-0.3, -0.25) is 14.7 Å². The molecule has 2 unspecified atom stereocenters. The number of rotatable bonds is 7. The van der Waals surface area contributed by atoms with Gasteiger partial charge in [0.1, 0.15) is 0 Å². The minimum absolute atomic E-state index is 0.0529. The van der Waals surface area contributed by atoms with Gasteiger partial charge in [0, 0.05) is 51.4 Å².